The van der Waals surface area contributed by atoms with Crippen molar-refractivity contribution in [3.8, 4) is 11.5 Å². The minimum Gasteiger partial charge on any atom is -0.504 e. The molecule has 1 saturated heterocycles. The van der Waals surface area contributed by atoms with Gasteiger partial charge in [0.2, 0.25) is 0 Å². The highest BCUT2D eigenvalue weighted by Crippen LogP contribution is 2.33. The Bertz CT molecular complexity index is 610. The third kappa shape index (κ3) is 4.14. The summed E-state index contributed by atoms with van der Waals surface area (Å²) in [5.41, 5.74) is 1.60. The van der Waals surface area contributed by atoms with Crippen LogP contribution in [0, 0.1) is 5.92 Å². The zero-order valence-electron chi connectivity index (χ0n) is 14.2. The lowest BCUT2D eigenvalue weighted by Crippen LogP contribution is -2.40. The maximum absolute atomic E-state index is 12.7. The monoisotopic (exact) mass is 336 g/mol. The molecule has 6 nitrogen and oxygen atoms in total. The van der Waals surface area contributed by atoms with E-state index in [1.54, 1.807) is 13.2 Å². The van der Waals surface area contributed by atoms with E-state index in [-0.39, 0.29) is 23.2 Å². The molecular weight excluding hydrogens is 312 g/mol. The Morgan fingerprint density at radius 2 is 2.04 bits per heavy atom. The number of Topliss-reactive ketones (excluding diaryl/α,β-unsaturated/α-hetero) is 1. The summed E-state index contributed by atoms with van der Waals surface area (Å²) in [6, 6.07) is 4.58. The van der Waals surface area contributed by atoms with Crippen LogP contribution in [0.2, 0.25) is 0 Å². The fourth-order valence-electron chi connectivity index (χ4n) is 2.93. The number of rotatable bonds is 6. The summed E-state index contributed by atoms with van der Waals surface area (Å²) in [4.78, 5) is 12.7. The summed E-state index contributed by atoms with van der Waals surface area (Å²) >= 11 is 0. The SMILES string of the molecule is C/C=C1\[C@H](OC)O[C@@H](OC)C[C@@H]1C(=O)CCc1ccc(O)c(O)c1. The average molecular weight is 336 g/mol. The summed E-state index contributed by atoms with van der Waals surface area (Å²) < 4.78 is 16.2. The van der Waals surface area contributed by atoms with Crippen molar-refractivity contribution in [3.63, 3.8) is 0 Å². The molecule has 2 rings (SSSR count). The summed E-state index contributed by atoms with van der Waals surface area (Å²) in [7, 11) is 3.08. The van der Waals surface area contributed by atoms with E-state index in [9.17, 15) is 15.0 Å². The first-order chi connectivity index (χ1) is 11.5. The molecule has 132 valence electrons. The van der Waals surface area contributed by atoms with Crippen molar-refractivity contribution in [2.45, 2.75) is 38.8 Å². The fraction of sp³-hybridized carbons (Fsp3) is 0.500. The summed E-state index contributed by atoms with van der Waals surface area (Å²) in [6.07, 6.45) is 2.05. The molecule has 1 heterocycles. The molecule has 0 radical (unpaired) electrons. The van der Waals surface area contributed by atoms with Crippen molar-refractivity contribution in [3.05, 3.63) is 35.4 Å². The largest absolute Gasteiger partial charge is 0.504 e. The normalized spacial score (nSPS) is 25.8. The van der Waals surface area contributed by atoms with Gasteiger partial charge in [-0.15, -0.1) is 0 Å². The Morgan fingerprint density at radius 3 is 2.62 bits per heavy atom. The van der Waals surface area contributed by atoms with Gasteiger partial charge in [-0.2, -0.15) is 0 Å². The molecule has 1 aliphatic heterocycles. The van der Waals surface area contributed by atoms with Gasteiger partial charge in [0, 0.05) is 33.0 Å². The Balaban J connectivity index is 2.06. The molecule has 1 fully saturated rings. The summed E-state index contributed by atoms with van der Waals surface area (Å²) in [5.74, 6) is -0.594. The Labute approximate surface area is 141 Å². The molecule has 2 N–H and O–H groups in total. The van der Waals surface area contributed by atoms with E-state index >= 15 is 0 Å². The molecule has 1 aliphatic rings. The Morgan fingerprint density at radius 1 is 1.29 bits per heavy atom. The van der Waals surface area contributed by atoms with Crippen LogP contribution in [0.3, 0.4) is 0 Å². The van der Waals surface area contributed by atoms with Crippen molar-refractivity contribution < 1.29 is 29.2 Å². The number of methoxy groups -OCH3 is 2. The smallest absolute Gasteiger partial charge is 0.183 e. The van der Waals surface area contributed by atoms with Gasteiger partial charge in [-0.3, -0.25) is 4.79 Å². The molecule has 0 saturated carbocycles. The van der Waals surface area contributed by atoms with Crippen molar-refractivity contribution in [1.82, 2.24) is 0 Å². The first-order valence-electron chi connectivity index (χ1n) is 7.90. The molecule has 1 aromatic rings. The number of phenolic OH excluding ortho intramolecular Hbond substituents is 2. The number of ketones is 1. The van der Waals surface area contributed by atoms with Gasteiger partial charge < -0.3 is 24.4 Å². The van der Waals surface area contributed by atoms with Crippen LogP contribution in [0.15, 0.2) is 29.8 Å². The average Bonchev–Trinajstić information content (AvgIpc) is 2.60. The van der Waals surface area contributed by atoms with E-state index in [4.69, 9.17) is 14.2 Å². The molecular formula is C18H24O6. The highest BCUT2D eigenvalue weighted by Gasteiger charge is 2.37. The van der Waals surface area contributed by atoms with Gasteiger partial charge in [-0.05, 0) is 36.6 Å². The van der Waals surface area contributed by atoms with E-state index in [1.165, 1.54) is 19.2 Å². The third-order valence-electron chi connectivity index (χ3n) is 4.28. The van der Waals surface area contributed by atoms with E-state index in [1.807, 2.05) is 13.0 Å². The van der Waals surface area contributed by atoms with Crippen LogP contribution in [0.4, 0.5) is 0 Å². The molecule has 0 amide bonds. The first-order valence-corrected chi connectivity index (χ1v) is 7.90. The lowest BCUT2D eigenvalue weighted by molar-refractivity contribution is -0.237. The van der Waals surface area contributed by atoms with Gasteiger partial charge in [0.25, 0.3) is 0 Å². The molecule has 0 aromatic heterocycles. The van der Waals surface area contributed by atoms with Gasteiger partial charge in [0.05, 0.1) is 0 Å². The molecule has 0 unspecified atom stereocenters. The van der Waals surface area contributed by atoms with Crippen LogP contribution >= 0.6 is 0 Å². The topological polar surface area (TPSA) is 85.2 Å². The van der Waals surface area contributed by atoms with Crippen molar-refractivity contribution in [2.75, 3.05) is 14.2 Å². The summed E-state index contributed by atoms with van der Waals surface area (Å²) in [6.45, 7) is 1.86. The second kappa shape index (κ2) is 8.28. The second-order valence-corrected chi connectivity index (χ2v) is 5.74. The molecule has 6 heteroatoms. The van der Waals surface area contributed by atoms with E-state index in [0.717, 1.165) is 11.1 Å². The number of hydrogen-bond acceptors (Lipinski definition) is 6. The molecule has 0 aliphatic carbocycles. The number of benzene rings is 1. The molecule has 24 heavy (non-hydrogen) atoms. The summed E-state index contributed by atoms with van der Waals surface area (Å²) in [5, 5.41) is 18.9. The minimum absolute atomic E-state index is 0.0723. The van der Waals surface area contributed by atoms with Gasteiger partial charge >= 0.3 is 0 Å². The predicted octanol–water partition coefficient (Wildman–Crippen LogP) is 2.53. The molecule has 1 aromatic carbocycles. The van der Waals surface area contributed by atoms with E-state index in [2.05, 4.69) is 0 Å². The van der Waals surface area contributed by atoms with Crippen molar-refractivity contribution in [2.24, 2.45) is 5.92 Å². The lowest BCUT2D eigenvalue weighted by atomic mass is 9.85. The van der Waals surface area contributed by atoms with E-state index < -0.39 is 12.6 Å². The van der Waals surface area contributed by atoms with Crippen LogP contribution in [0.25, 0.3) is 0 Å². The van der Waals surface area contributed by atoms with Gasteiger partial charge in [-0.25, -0.2) is 0 Å². The van der Waals surface area contributed by atoms with Crippen molar-refractivity contribution >= 4 is 5.78 Å². The first kappa shape index (κ1) is 18.4. The number of aryl methyl sites for hydroxylation is 1. The quantitative estimate of drug-likeness (QED) is 0.613. The zero-order chi connectivity index (χ0) is 17.7. The van der Waals surface area contributed by atoms with Crippen LogP contribution in [-0.4, -0.2) is 42.8 Å². The molecule has 0 spiro atoms. The number of aromatic hydroxyl groups is 2. The van der Waals surface area contributed by atoms with Crippen LogP contribution in [0.1, 0.15) is 25.3 Å². The maximum atomic E-state index is 12.7. The standard InChI is InChI=1S/C18H24O6/c1-4-12-13(10-17(22-2)24-18(12)23-3)14(19)7-5-11-6-8-15(20)16(21)9-11/h4,6,8-9,13,17-18,20-21H,5,7,10H2,1-3H3/b12-4-/t13-,17+,18+/m0/s1. The maximum Gasteiger partial charge on any atom is 0.183 e. The van der Waals surface area contributed by atoms with E-state index in [0.29, 0.717) is 19.3 Å². The van der Waals surface area contributed by atoms with Crippen LogP contribution in [-0.2, 0) is 25.4 Å². The number of allylic oxidation sites excluding steroid dienone is 1. The highest BCUT2D eigenvalue weighted by atomic mass is 16.8. The zero-order valence-corrected chi connectivity index (χ0v) is 14.2. The highest BCUT2D eigenvalue weighted by molar-refractivity contribution is 5.84. The fourth-order valence-corrected chi connectivity index (χ4v) is 2.93. The van der Waals surface area contributed by atoms with Crippen LogP contribution in [0.5, 0.6) is 11.5 Å². The number of phenols is 2. The number of carbonyl (C=O) groups excluding carboxylic acids is 1. The third-order valence-corrected chi connectivity index (χ3v) is 4.28. The number of ether oxygens (including phenoxy) is 3. The molecule has 3 atom stereocenters. The number of carbonyl (C=O) groups is 1. The Kier molecular flexibility index (Phi) is 6.36. The van der Waals surface area contributed by atoms with Crippen LogP contribution < -0.4 is 0 Å². The predicted molar refractivity (Wildman–Crippen MR) is 87.6 cm³/mol. The Hall–Kier alpha value is -1.89. The lowest BCUT2D eigenvalue weighted by Gasteiger charge is -2.35. The minimum atomic E-state index is -0.583. The van der Waals surface area contributed by atoms with Gasteiger partial charge in [-0.1, -0.05) is 12.1 Å². The van der Waals surface area contributed by atoms with Gasteiger partial charge in [0.1, 0.15) is 5.78 Å². The van der Waals surface area contributed by atoms with Gasteiger partial charge in [0.15, 0.2) is 24.1 Å². The second-order valence-electron chi connectivity index (χ2n) is 5.74. The van der Waals surface area contributed by atoms with Crippen molar-refractivity contribution in [1.29, 1.82) is 0 Å². The number of hydrogen-bond donors (Lipinski definition) is 2. The molecule has 0 bridgehead atoms.